The van der Waals surface area contributed by atoms with E-state index in [9.17, 15) is 13.2 Å². The lowest BCUT2D eigenvalue weighted by Crippen LogP contribution is -2.48. The Morgan fingerprint density at radius 3 is 2.54 bits per heavy atom. The van der Waals surface area contributed by atoms with Gasteiger partial charge < -0.3 is 5.32 Å². The van der Waals surface area contributed by atoms with E-state index >= 15 is 0 Å². The van der Waals surface area contributed by atoms with Gasteiger partial charge in [-0.25, -0.2) is 8.42 Å². The molecule has 142 valence electrons. The van der Waals surface area contributed by atoms with Crippen LogP contribution in [0.1, 0.15) is 44.1 Å². The summed E-state index contributed by atoms with van der Waals surface area (Å²) >= 11 is 0. The maximum absolute atomic E-state index is 12.9. The van der Waals surface area contributed by atoms with Crippen molar-refractivity contribution in [2.75, 3.05) is 13.1 Å². The first kappa shape index (κ1) is 18.0. The smallest absolute Gasteiger partial charge is 0.243 e. The molecule has 0 aromatic heterocycles. The number of rotatable bonds is 4. The molecule has 3 aliphatic rings. The van der Waals surface area contributed by atoms with Gasteiger partial charge in [-0.05, 0) is 63.0 Å². The predicted octanol–water partition coefficient (Wildman–Crippen LogP) is 2.70. The third kappa shape index (κ3) is 3.41. The zero-order valence-corrected chi connectivity index (χ0v) is 16.2. The van der Waals surface area contributed by atoms with Gasteiger partial charge in [-0.1, -0.05) is 24.1 Å². The minimum atomic E-state index is -3.53. The lowest BCUT2D eigenvalue weighted by molar-refractivity contribution is -0.127. The summed E-state index contributed by atoms with van der Waals surface area (Å²) in [5.74, 6) is 1.24. The van der Waals surface area contributed by atoms with Gasteiger partial charge in [-0.2, -0.15) is 4.31 Å². The number of hydrogen-bond donors (Lipinski definition) is 1. The van der Waals surface area contributed by atoms with Crippen molar-refractivity contribution < 1.29 is 13.2 Å². The molecule has 0 unspecified atom stereocenters. The fourth-order valence-electron chi connectivity index (χ4n) is 4.96. The molecule has 1 heterocycles. The quantitative estimate of drug-likeness (QED) is 0.879. The Hall–Kier alpha value is -1.40. The minimum absolute atomic E-state index is 0.0476. The van der Waals surface area contributed by atoms with Crippen molar-refractivity contribution in [3.63, 3.8) is 0 Å². The van der Waals surface area contributed by atoms with Crippen molar-refractivity contribution >= 4 is 15.9 Å². The molecule has 6 heteroatoms. The zero-order chi connectivity index (χ0) is 18.3. The van der Waals surface area contributed by atoms with Gasteiger partial charge in [0.15, 0.2) is 0 Å². The molecule has 2 saturated carbocycles. The fourth-order valence-corrected chi connectivity index (χ4v) is 6.48. The highest BCUT2D eigenvalue weighted by molar-refractivity contribution is 7.89. The van der Waals surface area contributed by atoms with Gasteiger partial charge in [0.05, 0.1) is 10.8 Å². The lowest BCUT2D eigenvalue weighted by Gasteiger charge is -2.33. The van der Waals surface area contributed by atoms with Crippen LogP contribution in [0.2, 0.25) is 0 Å². The molecule has 5 nitrogen and oxygen atoms in total. The maximum atomic E-state index is 12.9. The highest BCUT2D eigenvalue weighted by Crippen LogP contribution is 2.44. The molecule has 0 radical (unpaired) electrons. The monoisotopic (exact) mass is 376 g/mol. The lowest BCUT2D eigenvalue weighted by atomic mass is 9.93. The van der Waals surface area contributed by atoms with Crippen molar-refractivity contribution in [2.45, 2.75) is 56.4 Å². The summed E-state index contributed by atoms with van der Waals surface area (Å²) in [6.45, 7) is 2.73. The molecule has 1 saturated heterocycles. The average Bonchev–Trinajstić information content (AvgIpc) is 3.25. The van der Waals surface area contributed by atoms with Gasteiger partial charge in [0.1, 0.15) is 0 Å². The molecule has 1 aromatic rings. The number of amides is 1. The van der Waals surface area contributed by atoms with E-state index in [1.165, 1.54) is 23.6 Å². The predicted molar refractivity (Wildman–Crippen MR) is 100 cm³/mol. The van der Waals surface area contributed by atoms with Crippen molar-refractivity contribution in [3.05, 3.63) is 29.8 Å². The number of aryl methyl sites for hydroxylation is 1. The molecule has 4 rings (SSSR count). The van der Waals surface area contributed by atoms with E-state index in [1.54, 1.807) is 12.1 Å². The SMILES string of the molecule is Cc1ccc(S(=O)(=O)N2CCC[C@@H](C(=O)N[C@H]3C[C@H]4CC[C@H]3C4)C2)cc1. The Morgan fingerprint density at radius 1 is 1.12 bits per heavy atom. The summed E-state index contributed by atoms with van der Waals surface area (Å²) in [6, 6.07) is 7.25. The molecule has 1 aliphatic heterocycles. The summed E-state index contributed by atoms with van der Waals surface area (Å²) in [5.41, 5.74) is 1.03. The number of benzene rings is 1. The Kier molecular flexibility index (Phi) is 4.82. The molecule has 0 spiro atoms. The topological polar surface area (TPSA) is 66.5 Å². The second kappa shape index (κ2) is 6.97. The standard InChI is InChI=1S/C20H28N2O3S/c1-14-4-8-18(9-5-14)26(24,25)22-10-2-3-17(13-22)20(23)21-19-12-15-6-7-16(19)11-15/h4-5,8-9,15-17,19H,2-3,6-7,10-13H2,1H3,(H,21,23)/t15-,16-,17+,19-/m0/s1. The van der Waals surface area contributed by atoms with E-state index in [2.05, 4.69) is 5.32 Å². The number of hydrogen-bond acceptors (Lipinski definition) is 3. The first-order chi connectivity index (χ1) is 12.4. The number of nitrogens with one attached hydrogen (secondary N) is 1. The van der Waals surface area contributed by atoms with Crippen molar-refractivity contribution in [3.8, 4) is 0 Å². The first-order valence-electron chi connectivity index (χ1n) is 9.80. The molecular formula is C20H28N2O3S. The maximum Gasteiger partial charge on any atom is 0.243 e. The van der Waals surface area contributed by atoms with Gasteiger partial charge >= 0.3 is 0 Å². The van der Waals surface area contributed by atoms with E-state index in [-0.39, 0.29) is 11.8 Å². The van der Waals surface area contributed by atoms with Crippen molar-refractivity contribution in [1.29, 1.82) is 0 Å². The Balaban J connectivity index is 1.42. The molecule has 2 aliphatic carbocycles. The summed E-state index contributed by atoms with van der Waals surface area (Å²) < 4.78 is 27.3. The molecule has 1 aromatic carbocycles. The van der Waals surface area contributed by atoms with E-state index in [1.807, 2.05) is 19.1 Å². The average molecular weight is 377 g/mol. The fraction of sp³-hybridized carbons (Fsp3) is 0.650. The molecule has 1 amide bonds. The van der Waals surface area contributed by atoms with E-state index < -0.39 is 10.0 Å². The Morgan fingerprint density at radius 2 is 1.88 bits per heavy atom. The molecule has 1 N–H and O–H groups in total. The zero-order valence-electron chi connectivity index (χ0n) is 15.4. The molecular weight excluding hydrogens is 348 g/mol. The Bertz CT molecular complexity index is 775. The molecule has 2 bridgehead atoms. The summed E-state index contributed by atoms with van der Waals surface area (Å²) in [4.78, 5) is 13.1. The van der Waals surface area contributed by atoms with E-state index in [0.29, 0.717) is 29.9 Å². The van der Waals surface area contributed by atoms with Crippen LogP contribution in [0.5, 0.6) is 0 Å². The van der Waals surface area contributed by atoms with Crippen LogP contribution < -0.4 is 5.32 Å². The van der Waals surface area contributed by atoms with Crippen LogP contribution in [0.25, 0.3) is 0 Å². The highest BCUT2D eigenvalue weighted by Gasteiger charge is 2.41. The largest absolute Gasteiger partial charge is 0.353 e. The second-order valence-corrected chi connectivity index (χ2v) is 10.2. The molecule has 4 atom stereocenters. The number of piperidine rings is 1. The van der Waals surface area contributed by atoms with Gasteiger partial charge in [0.2, 0.25) is 15.9 Å². The van der Waals surface area contributed by atoms with Gasteiger partial charge in [-0.15, -0.1) is 0 Å². The van der Waals surface area contributed by atoms with Crippen LogP contribution in [0.3, 0.4) is 0 Å². The highest BCUT2D eigenvalue weighted by atomic mass is 32.2. The van der Waals surface area contributed by atoms with Crippen LogP contribution in [0, 0.1) is 24.7 Å². The van der Waals surface area contributed by atoms with Crippen molar-refractivity contribution in [1.82, 2.24) is 9.62 Å². The first-order valence-corrected chi connectivity index (χ1v) is 11.2. The van der Waals surface area contributed by atoms with E-state index in [0.717, 1.165) is 30.7 Å². The van der Waals surface area contributed by atoms with Crippen LogP contribution in [-0.4, -0.2) is 37.8 Å². The van der Waals surface area contributed by atoms with Gasteiger partial charge in [-0.3, -0.25) is 4.79 Å². The molecule has 26 heavy (non-hydrogen) atoms. The van der Waals surface area contributed by atoms with Crippen LogP contribution >= 0.6 is 0 Å². The van der Waals surface area contributed by atoms with Gasteiger partial charge in [0.25, 0.3) is 0 Å². The number of fused-ring (bicyclic) bond motifs is 2. The third-order valence-corrected chi connectivity index (χ3v) is 8.36. The summed E-state index contributed by atoms with van der Waals surface area (Å²) in [6.07, 6.45) is 6.40. The normalized spacial score (nSPS) is 31.9. The van der Waals surface area contributed by atoms with Gasteiger partial charge in [0, 0.05) is 19.1 Å². The summed E-state index contributed by atoms with van der Waals surface area (Å²) in [7, 11) is -3.53. The number of sulfonamides is 1. The molecule has 3 fully saturated rings. The third-order valence-electron chi connectivity index (χ3n) is 6.48. The van der Waals surface area contributed by atoms with Crippen molar-refractivity contribution in [2.24, 2.45) is 17.8 Å². The van der Waals surface area contributed by atoms with Crippen LogP contribution in [-0.2, 0) is 14.8 Å². The second-order valence-electron chi connectivity index (χ2n) is 8.31. The minimum Gasteiger partial charge on any atom is -0.353 e. The number of carbonyl (C=O) groups excluding carboxylic acids is 1. The number of carbonyl (C=O) groups is 1. The van der Waals surface area contributed by atoms with Crippen LogP contribution in [0.15, 0.2) is 29.2 Å². The van der Waals surface area contributed by atoms with Crippen LogP contribution in [0.4, 0.5) is 0 Å². The van der Waals surface area contributed by atoms with E-state index in [4.69, 9.17) is 0 Å². The Labute approximate surface area is 156 Å². The number of nitrogens with zero attached hydrogens (tertiary/aromatic N) is 1. The summed E-state index contributed by atoms with van der Waals surface area (Å²) in [5, 5.41) is 3.24.